The third kappa shape index (κ3) is 4.36. The van der Waals surface area contributed by atoms with Gasteiger partial charge in [0.05, 0.1) is 12.8 Å². The van der Waals surface area contributed by atoms with Gasteiger partial charge in [0.15, 0.2) is 0 Å². The molecule has 0 unspecified atom stereocenters. The molecule has 0 saturated heterocycles. The number of benzene rings is 1. The Balaban J connectivity index is 1.93. The van der Waals surface area contributed by atoms with Crippen molar-refractivity contribution in [3.05, 3.63) is 48.3 Å². The van der Waals surface area contributed by atoms with E-state index in [-0.39, 0.29) is 12.5 Å². The Labute approximate surface area is 124 Å². The number of hydrogen-bond acceptors (Lipinski definition) is 3. The average Bonchev–Trinajstić information content (AvgIpc) is 2.93. The van der Waals surface area contributed by atoms with Gasteiger partial charge in [0.2, 0.25) is 5.91 Å². The normalized spacial score (nSPS) is 10.4. The largest absolute Gasteiger partial charge is 0.495 e. The molecule has 0 bridgehead atoms. The molecule has 0 spiro atoms. The highest BCUT2D eigenvalue weighted by molar-refractivity contribution is 5.92. The van der Waals surface area contributed by atoms with Crippen molar-refractivity contribution in [2.24, 2.45) is 0 Å². The van der Waals surface area contributed by atoms with Crippen molar-refractivity contribution in [1.82, 2.24) is 9.88 Å². The zero-order chi connectivity index (χ0) is 15.1. The van der Waals surface area contributed by atoms with Crippen LogP contribution in [0.2, 0.25) is 0 Å². The van der Waals surface area contributed by atoms with Crippen molar-refractivity contribution in [3.8, 4) is 5.75 Å². The number of carbonyl (C=O) groups is 1. The van der Waals surface area contributed by atoms with Crippen molar-refractivity contribution in [3.63, 3.8) is 0 Å². The van der Waals surface area contributed by atoms with E-state index in [1.807, 2.05) is 47.3 Å². The fourth-order valence-corrected chi connectivity index (χ4v) is 2.07. The number of methoxy groups -OCH3 is 1. The molecular weight excluding hydrogens is 266 g/mol. The number of nitrogens with zero attached hydrogens (tertiary/aromatic N) is 1. The van der Waals surface area contributed by atoms with E-state index in [0.717, 1.165) is 13.1 Å². The fourth-order valence-electron chi connectivity index (χ4n) is 2.07. The first-order valence-corrected chi connectivity index (χ1v) is 7.01. The first kappa shape index (κ1) is 15.1. The Kier molecular flexibility index (Phi) is 5.40. The van der Waals surface area contributed by atoms with Gasteiger partial charge >= 0.3 is 0 Å². The molecule has 2 rings (SSSR count). The predicted molar refractivity (Wildman–Crippen MR) is 83.4 cm³/mol. The molecule has 0 atom stereocenters. The fraction of sp³-hybridized carbons (Fsp3) is 0.312. The average molecular weight is 287 g/mol. The summed E-state index contributed by atoms with van der Waals surface area (Å²) in [5.74, 6) is 0.580. The predicted octanol–water partition coefficient (Wildman–Crippen LogP) is 2.24. The van der Waals surface area contributed by atoms with Crippen LogP contribution in [0.15, 0.2) is 42.7 Å². The van der Waals surface area contributed by atoms with Crippen LogP contribution in [-0.2, 0) is 17.9 Å². The number of rotatable bonds is 7. The van der Waals surface area contributed by atoms with Crippen LogP contribution in [0.3, 0.4) is 0 Å². The maximum atomic E-state index is 12.1. The number of para-hydroxylation sites is 2. The Morgan fingerprint density at radius 1 is 1.29 bits per heavy atom. The summed E-state index contributed by atoms with van der Waals surface area (Å²) >= 11 is 0. The van der Waals surface area contributed by atoms with E-state index >= 15 is 0 Å². The van der Waals surface area contributed by atoms with Gasteiger partial charge in [-0.3, -0.25) is 4.79 Å². The van der Waals surface area contributed by atoms with Gasteiger partial charge in [-0.2, -0.15) is 0 Å². The van der Waals surface area contributed by atoms with Gasteiger partial charge in [-0.15, -0.1) is 0 Å². The first-order chi connectivity index (χ1) is 10.2. The molecule has 1 heterocycles. The number of amides is 1. The zero-order valence-corrected chi connectivity index (χ0v) is 12.4. The first-order valence-electron chi connectivity index (χ1n) is 7.01. The molecule has 5 heteroatoms. The molecule has 0 aliphatic heterocycles. The minimum atomic E-state index is -0.0786. The van der Waals surface area contributed by atoms with Crippen LogP contribution in [0.4, 0.5) is 5.69 Å². The molecule has 1 aromatic carbocycles. The SMILES string of the molecule is CCNCc1ccn(CC(=O)Nc2ccccc2OC)c1. The van der Waals surface area contributed by atoms with Gasteiger partial charge in [0.25, 0.3) is 0 Å². The van der Waals surface area contributed by atoms with Gasteiger partial charge in [-0.05, 0) is 30.3 Å². The van der Waals surface area contributed by atoms with Crippen molar-refractivity contribution in [2.45, 2.75) is 20.0 Å². The lowest BCUT2D eigenvalue weighted by Crippen LogP contribution is -2.18. The molecule has 0 saturated carbocycles. The highest BCUT2D eigenvalue weighted by Gasteiger charge is 2.07. The van der Waals surface area contributed by atoms with Crippen LogP contribution in [0.5, 0.6) is 5.75 Å². The monoisotopic (exact) mass is 287 g/mol. The molecule has 0 aliphatic carbocycles. The Morgan fingerprint density at radius 2 is 2.10 bits per heavy atom. The molecular formula is C16H21N3O2. The smallest absolute Gasteiger partial charge is 0.244 e. The summed E-state index contributed by atoms with van der Waals surface area (Å²) in [4.78, 5) is 12.1. The van der Waals surface area contributed by atoms with E-state index < -0.39 is 0 Å². The third-order valence-electron chi connectivity index (χ3n) is 3.10. The molecule has 1 amide bonds. The molecule has 0 radical (unpaired) electrons. The summed E-state index contributed by atoms with van der Waals surface area (Å²) in [6.07, 6.45) is 3.89. The lowest BCUT2D eigenvalue weighted by molar-refractivity contribution is -0.116. The van der Waals surface area contributed by atoms with Gasteiger partial charge in [0, 0.05) is 18.9 Å². The second kappa shape index (κ2) is 7.50. The molecule has 112 valence electrons. The molecule has 2 aromatic rings. The van der Waals surface area contributed by atoms with Crippen LogP contribution in [0.25, 0.3) is 0 Å². The van der Waals surface area contributed by atoms with E-state index in [9.17, 15) is 4.79 Å². The molecule has 2 N–H and O–H groups in total. The molecule has 1 aromatic heterocycles. The number of aromatic nitrogens is 1. The topological polar surface area (TPSA) is 55.3 Å². The Bertz CT molecular complexity index is 593. The number of nitrogens with one attached hydrogen (secondary N) is 2. The van der Waals surface area contributed by atoms with Crippen molar-refractivity contribution >= 4 is 11.6 Å². The lowest BCUT2D eigenvalue weighted by atomic mass is 10.3. The van der Waals surface area contributed by atoms with Crippen LogP contribution in [-0.4, -0.2) is 24.1 Å². The molecule has 5 nitrogen and oxygen atoms in total. The summed E-state index contributed by atoms with van der Waals surface area (Å²) in [5.41, 5.74) is 1.85. The van der Waals surface area contributed by atoms with Gasteiger partial charge < -0.3 is 19.9 Å². The molecule has 0 fully saturated rings. The third-order valence-corrected chi connectivity index (χ3v) is 3.10. The van der Waals surface area contributed by atoms with Gasteiger partial charge in [0.1, 0.15) is 12.3 Å². The van der Waals surface area contributed by atoms with E-state index in [2.05, 4.69) is 17.6 Å². The lowest BCUT2D eigenvalue weighted by Gasteiger charge is -2.10. The number of anilines is 1. The standard InChI is InChI=1S/C16H21N3O2/c1-3-17-10-13-8-9-19(11-13)12-16(20)18-14-6-4-5-7-15(14)21-2/h4-9,11,17H,3,10,12H2,1-2H3,(H,18,20). The van der Waals surface area contributed by atoms with Gasteiger partial charge in [-0.1, -0.05) is 19.1 Å². The highest BCUT2D eigenvalue weighted by atomic mass is 16.5. The van der Waals surface area contributed by atoms with Crippen LogP contribution >= 0.6 is 0 Å². The number of ether oxygens (including phenoxy) is 1. The minimum Gasteiger partial charge on any atom is -0.495 e. The van der Waals surface area contributed by atoms with Crippen molar-refractivity contribution in [2.75, 3.05) is 19.0 Å². The maximum absolute atomic E-state index is 12.1. The molecule has 21 heavy (non-hydrogen) atoms. The van der Waals surface area contributed by atoms with Crippen LogP contribution < -0.4 is 15.4 Å². The number of carbonyl (C=O) groups excluding carboxylic acids is 1. The maximum Gasteiger partial charge on any atom is 0.244 e. The number of hydrogen-bond donors (Lipinski definition) is 2. The summed E-state index contributed by atoms with van der Waals surface area (Å²) in [6, 6.07) is 9.39. The van der Waals surface area contributed by atoms with Crippen molar-refractivity contribution < 1.29 is 9.53 Å². The van der Waals surface area contributed by atoms with Crippen LogP contribution in [0, 0.1) is 0 Å². The van der Waals surface area contributed by atoms with Crippen LogP contribution in [0.1, 0.15) is 12.5 Å². The summed E-state index contributed by atoms with van der Waals surface area (Å²) in [7, 11) is 1.59. The second-order valence-corrected chi connectivity index (χ2v) is 4.72. The minimum absolute atomic E-state index is 0.0786. The summed E-state index contributed by atoms with van der Waals surface area (Å²) in [5, 5.41) is 6.12. The van der Waals surface area contributed by atoms with E-state index in [4.69, 9.17) is 4.74 Å². The van der Waals surface area contributed by atoms with E-state index in [0.29, 0.717) is 11.4 Å². The Hall–Kier alpha value is -2.27. The Morgan fingerprint density at radius 3 is 2.86 bits per heavy atom. The summed E-state index contributed by atoms with van der Waals surface area (Å²) < 4.78 is 7.09. The van der Waals surface area contributed by atoms with Gasteiger partial charge in [-0.25, -0.2) is 0 Å². The summed E-state index contributed by atoms with van der Waals surface area (Å²) in [6.45, 7) is 4.10. The molecule has 0 aliphatic rings. The van der Waals surface area contributed by atoms with Crippen molar-refractivity contribution in [1.29, 1.82) is 0 Å². The highest BCUT2D eigenvalue weighted by Crippen LogP contribution is 2.22. The van der Waals surface area contributed by atoms with E-state index in [1.165, 1.54) is 5.56 Å². The van der Waals surface area contributed by atoms with E-state index in [1.54, 1.807) is 7.11 Å². The second-order valence-electron chi connectivity index (χ2n) is 4.72. The quantitative estimate of drug-likeness (QED) is 0.821. The zero-order valence-electron chi connectivity index (χ0n) is 12.4.